The summed E-state index contributed by atoms with van der Waals surface area (Å²) in [4.78, 5) is 19.2. The van der Waals surface area contributed by atoms with Crippen LogP contribution in [0.5, 0.6) is 0 Å². The molecule has 0 aromatic carbocycles. The molecular formula is C10H12ClN3O3S. The Morgan fingerprint density at radius 1 is 1.50 bits per heavy atom. The van der Waals surface area contributed by atoms with E-state index in [0.29, 0.717) is 12.8 Å². The van der Waals surface area contributed by atoms with Gasteiger partial charge in [-0.05, 0) is 12.8 Å². The van der Waals surface area contributed by atoms with Crippen molar-refractivity contribution in [1.29, 1.82) is 0 Å². The highest BCUT2D eigenvalue weighted by molar-refractivity contribution is 7.92. The lowest BCUT2D eigenvalue weighted by Crippen LogP contribution is -2.35. The second-order valence-corrected chi connectivity index (χ2v) is 6.86. The number of nitrogens with zero attached hydrogens (tertiary/aromatic N) is 2. The summed E-state index contributed by atoms with van der Waals surface area (Å²) in [5, 5.41) is 2.17. The number of amides is 1. The van der Waals surface area contributed by atoms with E-state index in [2.05, 4.69) is 15.3 Å². The van der Waals surface area contributed by atoms with Gasteiger partial charge in [0.05, 0.1) is 23.4 Å². The maximum Gasteiger partial charge on any atom is 0.271 e. The fourth-order valence-electron chi connectivity index (χ4n) is 1.84. The van der Waals surface area contributed by atoms with Gasteiger partial charge in [0.15, 0.2) is 9.84 Å². The minimum absolute atomic E-state index is 0.0814. The SMILES string of the molecule is O=C(NCC1CCCS1(=O)=O)c1cncc(Cl)n1. The van der Waals surface area contributed by atoms with E-state index in [4.69, 9.17) is 11.6 Å². The Morgan fingerprint density at radius 2 is 2.28 bits per heavy atom. The van der Waals surface area contributed by atoms with Crippen molar-refractivity contribution in [2.45, 2.75) is 18.1 Å². The van der Waals surface area contributed by atoms with Crippen LogP contribution in [0.15, 0.2) is 12.4 Å². The Hall–Kier alpha value is -1.21. The maximum absolute atomic E-state index is 11.7. The lowest BCUT2D eigenvalue weighted by atomic mass is 10.2. The third-order valence-electron chi connectivity index (χ3n) is 2.79. The molecule has 1 fully saturated rings. The molecule has 1 saturated heterocycles. The number of nitrogens with one attached hydrogen (secondary N) is 1. The van der Waals surface area contributed by atoms with Gasteiger partial charge in [-0.2, -0.15) is 0 Å². The average Bonchev–Trinajstić information content (AvgIpc) is 2.65. The van der Waals surface area contributed by atoms with Crippen LogP contribution < -0.4 is 5.32 Å². The number of carbonyl (C=O) groups is 1. The van der Waals surface area contributed by atoms with E-state index < -0.39 is 21.0 Å². The van der Waals surface area contributed by atoms with Crippen LogP contribution in [0.25, 0.3) is 0 Å². The molecule has 18 heavy (non-hydrogen) atoms. The van der Waals surface area contributed by atoms with Crippen molar-refractivity contribution in [3.05, 3.63) is 23.2 Å². The highest BCUT2D eigenvalue weighted by atomic mass is 35.5. The van der Waals surface area contributed by atoms with Crippen LogP contribution in [0.1, 0.15) is 23.3 Å². The Bertz CT molecular complexity index is 561. The Kier molecular flexibility index (Phi) is 3.82. The molecule has 0 bridgehead atoms. The summed E-state index contributed by atoms with van der Waals surface area (Å²) >= 11 is 5.61. The molecule has 6 nitrogen and oxygen atoms in total. The second-order valence-electron chi connectivity index (χ2n) is 4.07. The summed E-state index contributed by atoms with van der Waals surface area (Å²) in [6, 6.07) is 0. The number of rotatable bonds is 3. The molecule has 2 heterocycles. The first-order chi connectivity index (χ1) is 8.49. The molecule has 0 saturated carbocycles. The van der Waals surface area contributed by atoms with Crippen LogP contribution in [-0.2, 0) is 9.84 Å². The van der Waals surface area contributed by atoms with Crippen LogP contribution in [0, 0.1) is 0 Å². The van der Waals surface area contributed by atoms with Gasteiger partial charge < -0.3 is 5.32 Å². The summed E-state index contributed by atoms with van der Waals surface area (Å²) in [6.07, 6.45) is 3.84. The van der Waals surface area contributed by atoms with Crippen molar-refractivity contribution < 1.29 is 13.2 Å². The highest BCUT2D eigenvalue weighted by Gasteiger charge is 2.31. The van der Waals surface area contributed by atoms with Crippen molar-refractivity contribution in [3.63, 3.8) is 0 Å². The maximum atomic E-state index is 11.7. The second kappa shape index (κ2) is 5.19. The fraction of sp³-hybridized carbons (Fsp3) is 0.500. The summed E-state index contributed by atoms with van der Waals surface area (Å²) in [5.41, 5.74) is 0.0814. The van der Waals surface area contributed by atoms with E-state index in [1.807, 2.05) is 0 Å². The van der Waals surface area contributed by atoms with E-state index in [0.717, 1.165) is 0 Å². The van der Waals surface area contributed by atoms with E-state index in [1.54, 1.807) is 0 Å². The zero-order valence-corrected chi connectivity index (χ0v) is 11.0. The van der Waals surface area contributed by atoms with Gasteiger partial charge >= 0.3 is 0 Å². The molecule has 1 unspecified atom stereocenters. The van der Waals surface area contributed by atoms with Gasteiger partial charge in [-0.1, -0.05) is 11.6 Å². The van der Waals surface area contributed by atoms with E-state index in [9.17, 15) is 13.2 Å². The van der Waals surface area contributed by atoms with Crippen LogP contribution in [0.2, 0.25) is 5.15 Å². The van der Waals surface area contributed by atoms with E-state index in [1.165, 1.54) is 12.4 Å². The molecule has 1 aliphatic heterocycles. The quantitative estimate of drug-likeness (QED) is 0.872. The molecule has 0 radical (unpaired) electrons. The van der Waals surface area contributed by atoms with Crippen molar-refractivity contribution >= 4 is 27.3 Å². The topological polar surface area (TPSA) is 89.0 Å². The van der Waals surface area contributed by atoms with Crippen molar-refractivity contribution in [2.24, 2.45) is 0 Å². The molecule has 1 amide bonds. The van der Waals surface area contributed by atoms with Crippen molar-refractivity contribution in [1.82, 2.24) is 15.3 Å². The van der Waals surface area contributed by atoms with E-state index >= 15 is 0 Å². The molecule has 1 atom stereocenters. The van der Waals surface area contributed by atoms with E-state index in [-0.39, 0.29) is 23.1 Å². The predicted molar refractivity (Wildman–Crippen MR) is 66.2 cm³/mol. The molecule has 2 rings (SSSR count). The summed E-state index contributed by atoms with van der Waals surface area (Å²) in [5.74, 6) is -0.267. The van der Waals surface area contributed by atoms with Crippen LogP contribution in [0.3, 0.4) is 0 Å². The normalized spacial score (nSPS) is 21.7. The number of hydrogen-bond acceptors (Lipinski definition) is 5. The van der Waals surface area contributed by atoms with Crippen molar-refractivity contribution in [3.8, 4) is 0 Å². The zero-order valence-electron chi connectivity index (χ0n) is 9.47. The molecule has 1 aromatic rings. The third kappa shape index (κ3) is 2.97. The first-order valence-electron chi connectivity index (χ1n) is 5.46. The number of sulfone groups is 1. The Labute approximate surface area is 110 Å². The van der Waals surface area contributed by atoms with Crippen LogP contribution in [0.4, 0.5) is 0 Å². The number of aromatic nitrogens is 2. The minimum Gasteiger partial charge on any atom is -0.349 e. The molecule has 1 N–H and O–H groups in total. The van der Waals surface area contributed by atoms with Gasteiger partial charge in [0.1, 0.15) is 10.8 Å². The van der Waals surface area contributed by atoms with Gasteiger partial charge in [-0.15, -0.1) is 0 Å². The first kappa shape index (κ1) is 13.2. The third-order valence-corrected chi connectivity index (χ3v) is 5.25. The summed E-state index contributed by atoms with van der Waals surface area (Å²) < 4.78 is 23.1. The monoisotopic (exact) mass is 289 g/mol. The van der Waals surface area contributed by atoms with Crippen molar-refractivity contribution in [2.75, 3.05) is 12.3 Å². The Balaban J connectivity index is 1.97. The summed E-state index contributed by atoms with van der Waals surface area (Å²) in [7, 11) is -3.05. The smallest absolute Gasteiger partial charge is 0.271 e. The average molecular weight is 290 g/mol. The first-order valence-corrected chi connectivity index (χ1v) is 7.56. The largest absolute Gasteiger partial charge is 0.349 e. The van der Waals surface area contributed by atoms with Gasteiger partial charge in [0.25, 0.3) is 5.91 Å². The van der Waals surface area contributed by atoms with Gasteiger partial charge in [-0.25, -0.2) is 13.4 Å². The number of halogens is 1. The molecule has 1 aliphatic rings. The molecule has 8 heteroatoms. The molecule has 0 spiro atoms. The zero-order chi connectivity index (χ0) is 13.2. The predicted octanol–water partition coefficient (Wildman–Crippen LogP) is 0.437. The molecule has 98 valence electrons. The summed E-state index contributed by atoms with van der Waals surface area (Å²) in [6.45, 7) is 0.107. The van der Waals surface area contributed by atoms with Gasteiger partial charge in [0.2, 0.25) is 0 Å². The minimum atomic E-state index is -3.05. The van der Waals surface area contributed by atoms with Gasteiger partial charge in [-0.3, -0.25) is 9.78 Å². The Morgan fingerprint density at radius 3 is 2.89 bits per heavy atom. The molecular weight excluding hydrogens is 278 g/mol. The van der Waals surface area contributed by atoms with Crippen LogP contribution >= 0.6 is 11.6 Å². The van der Waals surface area contributed by atoms with Crippen LogP contribution in [-0.4, -0.2) is 41.8 Å². The standard InChI is InChI=1S/C10H12ClN3O3S/c11-9-6-12-5-8(14-9)10(15)13-4-7-2-1-3-18(7,16)17/h5-7H,1-4H2,(H,13,15). The lowest BCUT2D eigenvalue weighted by molar-refractivity contribution is 0.0948. The lowest BCUT2D eigenvalue weighted by Gasteiger charge is -2.10. The number of hydrogen-bond donors (Lipinski definition) is 1. The molecule has 1 aromatic heterocycles. The molecule has 0 aliphatic carbocycles. The van der Waals surface area contributed by atoms with Gasteiger partial charge in [0, 0.05) is 6.54 Å². The number of carbonyl (C=O) groups excluding carboxylic acids is 1. The highest BCUT2D eigenvalue weighted by Crippen LogP contribution is 2.19. The fourth-order valence-corrected chi connectivity index (χ4v) is 3.75.